The summed E-state index contributed by atoms with van der Waals surface area (Å²) >= 11 is 1.61. The molecule has 2 aliphatic rings. The summed E-state index contributed by atoms with van der Waals surface area (Å²) in [6, 6.07) is 0. The molecule has 0 aliphatic carbocycles. The third-order valence-electron chi connectivity index (χ3n) is 4.60. The van der Waals surface area contributed by atoms with E-state index in [2.05, 4.69) is 39.0 Å². The normalized spacial score (nSPS) is 19.4. The standard InChI is InChI=1S/C15H26N8O2S/c1-18(2)5-4-6-20-7-9-21(10-8-20)23-17-13(12-26-23)15-16-11-14(19(15)3)22(24)25/h11H,4-10,12H2,1-3H3. The molecular weight excluding hydrogens is 356 g/mol. The van der Waals surface area contributed by atoms with E-state index in [-0.39, 0.29) is 5.82 Å². The molecule has 0 bridgehead atoms. The first-order valence-corrected chi connectivity index (χ1v) is 9.69. The molecule has 2 aliphatic heterocycles. The van der Waals surface area contributed by atoms with Crippen LogP contribution in [-0.2, 0) is 7.05 Å². The average Bonchev–Trinajstić information content (AvgIpc) is 3.21. The smallest absolute Gasteiger partial charge is 0.342 e. The van der Waals surface area contributed by atoms with Gasteiger partial charge >= 0.3 is 5.82 Å². The number of hydrogen-bond donors (Lipinski definition) is 0. The van der Waals surface area contributed by atoms with Gasteiger partial charge in [-0.05, 0) is 50.5 Å². The molecule has 1 saturated heterocycles. The highest BCUT2D eigenvalue weighted by molar-refractivity contribution is 7.97. The van der Waals surface area contributed by atoms with Crippen molar-refractivity contribution in [2.45, 2.75) is 6.42 Å². The molecule has 0 spiro atoms. The maximum Gasteiger partial charge on any atom is 0.342 e. The van der Waals surface area contributed by atoms with Gasteiger partial charge in [-0.15, -0.1) is 5.10 Å². The number of hydrazone groups is 1. The van der Waals surface area contributed by atoms with Crippen LogP contribution in [0.4, 0.5) is 5.82 Å². The zero-order chi connectivity index (χ0) is 18.7. The minimum atomic E-state index is -0.424. The lowest BCUT2D eigenvalue weighted by Crippen LogP contribution is -2.50. The molecular formula is C15H26N8O2S. The lowest BCUT2D eigenvalue weighted by Gasteiger charge is -2.37. The summed E-state index contributed by atoms with van der Waals surface area (Å²) in [5.41, 5.74) is 0.777. The highest BCUT2D eigenvalue weighted by Gasteiger charge is 2.30. The van der Waals surface area contributed by atoms with Gasteiger partial charge in [-0.25, -0.2) is 9.55 Å². The van der Waals surface area contributed by atoms with Crippen molar-refractivity contribution in [1.82, 2.24) is 28.9 Å². The van der Waals surface area contributed by atoms with E-state index in [4.69, 9.17) is 0 Å². The summed E-state index contributed by atoms with van der Waals surface area (Å²) < 4.78 is 3.42. The molecule has 0 N–H and O–H groups in total. The van der Waals surface area contributed by atoms with Crippen LogP contribution >= 0.6 is 11.9 Å². The fourth-order valence-electron chi connectivity index (χ4n) is 3.11. The molecule has 0 saturated carbocycles. The van der Waals surface area contributed by atoms with Crippen molar-refractivity contribution in [2.24, 2.45) is 12.1 Å². The lowest BCUT2D eigenvalue weighted by molar-refractivity contribution is -0.391. The number of rotatable bonds is 7. The Morgan fingerprint density at radius 1 is 1.31 bits per heavy atom. The van der Waals surface area contributed by atoms with E-state index in [1.807, 2.05) is 4.52 Å². The van der Waals surface area contributed by atoms with Gasteiger partial charge in [0.1, 0.15) is 11.9 Å². The fourth-order valence-corrected chi connectivity index (χ4v) is 4.02. The molecule has 0 aromatic carbocycles. The van der Waals surface area contributed by atoms with E-state index in [1.165, 1.54) is 17.2 Å². The second-order valence-corrected chi connectivity index (χ2v) is 7.65. The number of aromatic nitrogens is 2. The number of nitro groups is 1. The van der Waals surface area contributed by atoms with Gasteiger partial charge in [-0.1, -0.05) is 0 Å². The van der Waals surface area contributed by atoms with Crippen molar-refractivity contribution >= 4 is 23.5 Å². The minimum Gasteiger partial charge on any atom is -0.358 e. The van der Waals surface area contributed by atoms with Gasteiger partial charge in [0.25, 0.3) is 0 Å². The van der Waals surface area contributed by atoms with Crippen LogP contribution in [0.2, 0.25) is 0 Å². The molecule has 1 fully saturated rings. The number of piperazine rings is 1. The van der Waals surface area contributed by atoms with Crippen LogP contribution in [0.1, 0.15) is 12.2 Å². The highest BCUT2D eigenvalue weighted by Crippen LogP contribution is 2.26. The Hall–Kier alpha value is -1.69. The van der Waals surface area contributed by atoms with Gasteiger partial charge in [0, 0.05) is 26.2 Å². The molecule has 1 aromatic heterocycles. The fraction of sp³-hybridized carbons (Fsp3) is 0.733. The van der Waals surface area contributed by atoms with Crippen molar-refractivity contribution in [2.75, 3.05) is 59.1 Å². The molecule has 3 heterocycles. The van der Waals surface area contributed by atoms with Gasteiger partial charge in [0.2, 0.25) is 5.82 Å². The SMILES string of the molecule is CN(C)CCCN1CCN(N2N=C(c3ncc([N+](=O)[O-])n3C)CS2)CC1. The van der Waals surface area contributed by atoms with Crippen LogP contribution < -0.4 is 0 Å². The Morgan fingerprint density at radius 3 is 2.65 bits per heavy atom. The first kappa shape index (κ1) is 19.1. The Balaban J connectivity index is 1.54. The molecule has 0 unspecified atom stereocenters. The van der Waals surface area contributed by atoms with Crippen LogP contribution in [0.15, 0.2) is 11.3 Å². The van der Waals surface area contributed by atoms with E-state index in [0.29, 0.717) is 11.6 Å². The highest BCUT2D eigenvalue weighted by atomic mass is 32.2. The second kappa shape index (κ2) is 8.33. The number of hydrogen-bond acceptors (Lipinski definition) is 9. The van der Waals surface area contributed by atoms with Crippen LogP contribution in [0.25, 0.3) is 0 Å². The maximum atomic E-state index is 11.0. The maximum absolute atomic E-state index is 11.0. The number of nitrogens with zero attached hydrogens (tertiary/aromatic N) is 8. The molecule has 11 heteroatoms. The topological polar surface area (TPSA) is 86.3 Å². The Labute approximate surface area is 157 Å². The van der Waals surface area contributed by atoms with Crippen molar-refractivity contribution in [3.05, 3.63) is 22.1 Å². The molecule has 0 amide bonds. The largest absolute Gasteiger partial charge is 0.358 e. The third-order valence-corrected chi connectivity index (χ3v) is 5.55. The lowest BCUT2D eigenvalue weighted by atomic mass is 10.3. The van der Waals surface area contributed by atoms with Gasteiger partial charge < -0.3 is 19.9 Å². The van der Waals surface area contributed by atoms with Gasteiger partial charge in [-0.3, -0.25) is 0 Å². The van der Waals surface area contributed by atoms with E-state index in [1.54, 1.807) is 19.0 Å². The van der Waals surface area contributed by atoms with Crippen LogP contribution in [0, 0.1) is 10.1 Å². The number of hydrazine groups is 1. The monoisotopic (exact) mass is 382 g/mol. The summed E-state index contributed by atoms with van der Waals surface area (Å²) in [4.78, 5) is 19.4. The second-order valence-electron chi connectivity index (χ2n) is 6.78. The zero-order valence-electron chi connectivity index (χ0n) is 15.5. The molecule has 0 atom stereocenters. The van der Waals surface area contributed by atoms with Crippen molar-refractivity contribution in [3.63, 3.8) is 0 Å². The Kier molecular flexibility index (Phi) is 6.12. The van der Waals surface area contributed by atoms with Gasteiger partial charge in [0.05, 0.1) is 12.8 Å². The summed E-state index contributed by atoms with van der Waals surface area (Å²) in [5.74, 6) is 1.22. The first-order valence-electron chi connectivity index (χ1n) is 8.74. The van der Waals surface area contributed by atoms with Crippen molar-refractivity contribution in [3.8, 4) is 0 Å². The summed E-state index contributed by atoms with van der Waals surface area (Å²) in [5, 5.41) is 17.8. The van der Waals surface area contributed by atoms with Gasteiger partial charge in [-0.2, -0.15) is 9.53 Å². The van der Waals surface area contributed by atoms with E-state index < -0.39 is 4.92 Å². The van der Waals surface area contributed by atoms with E-state index >= 15 is 0 Å². The Morgan fingerprint density at radius 2 is 2.04 bits per heavy atom. The average molecular weight is 382 g/mol. The van der Waals surface area contributed by atoms with Crippen molar-refractivity contribution < 1.29 is 4.92 Å². The predicted molar refractivity (Wildman–Crippen MR) is 102 cm³/mol. The quantitative estimate of drug-likeness (QED) is 0.382. The number of imidazole rings is 1. The van der Waals surface area contributed by atoms with Crippen LogP contribution in [-0.4, -0.2) is 98.6 Å². The predicted octanol–water partition coefficient (Wildman–Crippen LogP) is 0.481. The van der Waals surface area contributed by atoms with Crippen LogP contribution in [0.5, 0.6) is 0 Å². The summed E-state index contributed by atoms with van der Waals surface area (Å²) in [6.07, 6.45) is 2.48. The molecule has 0 radical (unpaired) electrons. The zero-order valence-corrected chi connectivity index (χ0v) is 16.4. The van der Waals surface area contributed by atoms with E-state index in [9.17, 15) is 10.1 Å². The minimum absolute atomic E-state index is 0.0162. The Bertz CT molecular complexity index is 669. The first-order chi connectivity index (χ1) is 12.5. The summed E-state index contributed by atoms with van der Waals surface area (Å²) in [7, 11) is 5.87. The molecule has 3 rings (SSSR count). The summed E-state index contributed by atoms with van der Waals surface area (Å²) in [6.45, 7) is 6.18. The van der Waals surface area contributed by atoms with E-state index in [0.717, 1.165) is 45.0 Å². The third kappa shape index (κ3) is 4.34. The van der Waals surface area contributed by atoms with Crippen molar-refractivity contribution in [1.29, 1.82) is 0 Å². The molecule has 10 nitrogen and oxygen atoms in total. The van der Waals surface area contributed by atoms with Crippen LogP contribution in [0.3, 0.4) is 0 Å². The molecule has 144 valence electrons. The van der Waals surface area contributed by atoms with Gasteiger partial charge in [0.15, 0.2) is 0 Å². The molecule has 1 aromatic rings. The molecule has 26 heavy (non-hydrogen) atoms.